The number of phenolic OH excluding ortho intramolecular Hbond substituents is 1. The number of aromatic hydroxyl groups is 1. The maximum absolute atomic E-state index is 12.3. The highest BCUT2D eigenvalue weighted by Crippen LogP contribution is 2.45. The summed E-state index contributed by atoms with van der Waals surface area (Å²) in [5.41, 5.74) is 2.84. The van der Waals surface area contributed by atoms with Crippen LogP contribution in [-0.2, 0) is 4.79 Å². The number of fused-ring (bicyclic) bond motifs is 3. The van der Waals surface area contributed by atoms with Gasteiger partial charge in [0.1, 0.15) is 0 Å². The maximum atomic E-state index is 12.3. The Kier molecular flexibility index (Phi) is 3.88. The Morgan fingerprint density at radius 3 is 2.80 bits per heavy atom. The number of hydrogen-bond acceptors (Lipinski definition) is 3. The minimum atomic E-state index is -0.126. The van der Waals surface area contributed by atoms with Crippen LogP contribution in [0.3, 0.4) is 0 Å². The Morgan fingerprint density at radius 1 is 1.20 bits per heavy atom. The molecular formula is C20H16BrNO3. The van der Waals surface area contributed by atoms with Crippen LogP contribution in [0.1, 0.15) is 23.5 Å². The van der Waals surface area contributed by atoms with Crippen molar-refractivity contribution < 1.29 is 14.6 Å². The first-order valence-electron chi connectivity index (χ1n) is 7.96. The van der Waals surface area contributed by atoms with Crippen LogP contribution in [0.25, 0.3) is 10.8 Å². The van der Waals surface area contributed by atoms with Crippen molar-refractivity contribution >= 4 is 38.3 Å². The molecule has 3 aromatic carbocycles. The molecule has 1 atom stereocenters. The van der Waals surface area contributed by atoms with E-state index < -0.39 is 0 Å². The van der Waals surface area contributed by atoms with Crippen molar-refractivity contribution in [2.75, 3.05) is 12.4 Å². The summed E-state index contributed by atoms with van der Waals surface area (Å²) in [6.07, 6.45) is 0.341. The number of rotatable bonds is 2. The van der Waals surface area contributed by atoms with E-state index in [0.717, 1.165) is 32.1 Å². The van der Waals surface area contributed by atoms with Crippen molar-refractivity contribution in [1.29, 1.82) is 0 Å². The summed E-state index contributed by atoms with van der Waals surface area (Å²) in [6, 6.07) is 15.5. The molecule has 0 aliphatic carbocycles. The van der Waals surface area contributed by atoms with E-state index in [-0.39, 0.29) is 17.6 Å². The van der Waals surface area contributed by atoms with Gasteiger partial charge in [0.15, 0.2) is 11.5 Å². The lowest BCUT2D eigenvalue weighted by atomic mass is 9.82. The Labute approximate surface area is 153 Å². The molecule has 126 valence electrons. The number of methoxy groups -OCH3 is 1. The fourth-order valence-corrected chi connectivity index (χ4v) is 4.13. The molecule has 0 radical (unpaired) electrons. The molecule has 1 aliphatic rings. The summed E-state index contributed by atoms with van der Waals surface area (Å²) in [6.45, 7) is 0. The molecule has 1 amide bonds. The van der Waals surface area contributed by atoms with E-state index in [2.05, 4.69) is 33.4 Å². The van der Waals surface area contributed by atoms with Gasteiger partial charge in [-0.1, -0.05) is 46.3 Å². The average Bonchev–Trinajstić information content (AvgIpc) is 2.61. The number of amides is 1. The van der Waals surface area contributed by atoms with Crippen LogP contribution in [0.2, 0.25) is 0 Å². The van der Waals surface area contributed by atoms with E-state index in [0.29, 0.717) is 12.2 Å². The molecule has 0 spiro atoms. The van der Waals surface area contributed by atoms with Crippen molar-refractivity contribution in [2.45, 2.75) is 12.3 Å². The first kappa shape index (κ1) is 16.0. The van der Waals surface area contributed by atoms with Gasteiger partial charge in [0.05, 0.1) is 7.11 Å². The number of carbonyl (C=O) groups excluding carboxylic acids is 1. The van der Waals surface area contributed by atoms with Crippen molar-refractivity contribution in [2.24, 2.45) is 0 Å². The van der Waals surface area contributed by atoms with Crippen molar-refractivity contribution in [3.63, 3.8) is 0 Å². The van der Waals surface area contributed by atoms with Gasteiger partial charge < -0.3 is 15.2 Å². The van der Waals surface area contributed by atoms with Gasteiger partial charge in [-0.15, -0.1) is 0 Å². The summed E-state index contributed by atoms with van der Waals surface area (Å²) in [5.74, 6) is 0.313. The molecule has 0 saturated heterocycles. The number of ether oxygens (including phenoxy) is 1. The number of carbonyl (C=O) groups is 1. The summed E-state index contributed by atoms with van der Waals surface area (Å²) in [4.78, 5) is 12.3. The van der Waals surface area contributed by atoms with E-state index in [1.165, 1.54) is 7.11 Å². The SMILES string of the molecule is COc1cc(C2CC(=O)Nc3ccc4ccccc4c32)c(Br)cc1O. The molecule has 0 bridgehead atoms. The zero-order valence-corrected chi connectivity index (χ0v) is 15.1. The number of anilines is 1. The highest BCUT2D eigenvalue weighted by atomic mass is 79.9. The smallest absolute Gasteiger partial charge is 0.225 e. The van der Waals surface area contributed by atoms with Gasteiger partial charge in [0.2, 0.25) is 5.91 Å². The minimum Gasteiger partial charge on any atom is -0.504 e. The second-order valence-corrected chi connectivity index (χ2v) is 6.95. The van der Waals surface area contributed by atoms with Gasteiger partial charge in [0.25, 0.3) is 0 Å². The van der Waals surface area contributed by atoms with E-state index >= 15 is 0 Å². The molecule has 0 aromatic heterocycles. The van der Waals surface area contributed by atoms with Gasteiger partial charge >= 0.3 is 0 Å². The normalized spacial score (nSPS) is 16.4. The summed E-state index contributed by atoms with van der Waals surface area (Å²) >= 11 is 3.53. The van der Waals surface area contributed by atoms with E-state index in [1.54, 1.807) is 12.1 Å². The third kappa shape index (κ3) is 2.65. The predicted molar refractivity (Wildman–Crippen MR) is 101 cm³/mol. The molecule has 1 heterocycles. The van der Waals surface area contributed by atoms with Gasteiger partial charge in [-0.25, -0.2) is 0 Å². The molecule has 3 aromatic rings. The average molecular weight is 398 g/mol. The first-order valence-corrected chi connectivity index (χ1v) is 8.75. The standard InChI is InChI=1S/C20H16BrNO3/c1-25-18-8-13(15(21)10-17(18)23)14-9-19(24)22-16-7-6-11-4-2-3-5-12(11)20(14)16/h2-8,10,14,23H,9H2,1H3,(H,22,24). The van der Waals surface area contributed by atoms with Gasteiger partial charge in [0, 0.05) is 22.5 Å². The first-order chi connectivity index (χ1) is 12.1. The molecular weight excluding hydrogens is 382 g/mol. The van der Waals surface area contributed by atoms with E-state index in [4.69, 9.17) is 4.74 Å². The number of phenols is 1. The molecule has 1 unspecified atom stereocenters. The zero-order valence-electron chi connectivity index (χ0n) is 13.5. The van der Waals surface area contributed by atoms with Gasteiger partial charge in [-0.3, -0.25) is 4.79 Å². The molecule has 5 heteroatoms. The Balaban J connectivity index is 1.99. The maximum Gasteiger partial charge on any atom is 0.225 e. The fourth-order valence-electron chi connectivity index (χ4n) is 3.52. The van der Waals surface area contributed by atoms with Crippen LogP contribution in [-0.4, -0.2) is 18.1 Å². The second kappa shape index (κ2) is 6.08. The van der Waals surface area contributed by atoms with Crippen molar-refractivity contribution in [1.82, 2.24) is 0 Å². The number of halogens is 1. The second-order valence-electron chi connectivity index (χ2n) is 6.10. The van der Waals surface area contributed by atoms with E-state index in [9.17, 15) is 9.90 Å². The molecule has 4 rings (SSSR count). The number of nitrogens with one attached hydrogen (secondary N) is 1. The summed E-state index contributed by atoms with van der Waals surface area (Å²) < 4.78 is 6.02. The zero-order chi connectivity index (χ0) is 17.6. The van der Waals surface area contributed by atoms with Crippen LogP contribution >= 0.6 is 15.9 Å². The molecule has 0 saturated carbocycles. The fraction of sp³-hybridized carbons (Fsp3) is 0.150. The van der Waals surface area contributed by atoms with Crippen LogP contribution in [0, 0.1) is 0 Å². The van der Waals surface area contributed by atoms with Crippen LogP contribution in [0.4, 0.5) is 5.69 Å². The lowest BCUT2D eigenvalue weighted by molar-refractivity contribution is -0.116. The van der Waals surface area contributed by atoms with Gasteiger partial charge in [-0.2, -0.15) is 0 Å². The minimum absolute atomic E-state index is 0.0216. The summed E-state index contributed by atoms with van der Waals surface area (Å²) in [7, 11) is 1.52. The number of hydrogen-bond donors (Lipinski definition) is 2. The molecule has 4 nitrogen and oxygen atoms in total. The third-order valence-corrected chi connectivity index (χ3v) is 5.34. The van der Waals surface area contributed by atoms with Crippen molar-refractivity contribution in [3.05, 3.63) is 64.1 Å². The molecule has 2 N–H and O–H groups in total. The predicted octanol–water partition coefficient (Wildman–Crippen LogP) is 4.79. The van der Waals surface area contributed by atoms with Gasteiger partial charge in [-0.05, 0) is 40.1 Å². The monoisotopic (exact) mass is 397 g/mol. The lowest BCUT2D eigenvalue weighted by Gasteiger charge is -2.28. The van der Waals surface area contributed by atoms with Crippen LogP contribution < -0.4 is 10.1 Å². The van der Waals surface area contributed by atoms with Crippen LogP contribution in [0.15, 0.2) is 53.0 Å². The Bertz CT molecular complexity index is 1000. The Morgan fingerprint density at radius 2 is 2.00 bits per heavy atom. The highest BCUT2D eigenvalue weighted by molar-refractivity contribution is 9.10. The Hall–Kier alpha value is -2.53. The molecule has 0 fully saturated rings. The third-order valence-electron chi connectivity index (χ3n) is 4.66. The quantitative estimate of drug-likeness (QED) is 0.653. The largest absolute Gasteiger partial charge is 0.504 e. The lowest BCUT2D eigenvalue weighted by Crippen LogP contribution is -2.24. The van der Waals surface area contributed by atoms with E-state index in [1.807, 2.05) is 24.3 Å². The summed E-state index contributed by atoms with van der Waals surface area (Å²) in [5, 5.41) is 15.2. The van der Waals surface area contributed by atoms with Crippen molar-refractivity contribution in [3.8, 4) is 11.5 Å². The molecule has 25 heavy (non-hydrogen) atoms. The molecule has 1 aliphatic heterocycles. The topological polar surface area (TPSA) is 58.6 Å². The highest BCUT2D eigenvalue weighted by Gasteiger charge is 2.30. The van der Waals surface area contributed by atoms with Crippen LogP contribution in [0.5, 0.6) is 11.5 Å². The number of benzene rings is 3.